The lowest BCUT2D eigenvalue weighted by molar-refractivity contribution is -0.111. The normalized spacial score (nSPS) is 10.5. The summed E-state index contributed by atoms with van der Waals surface area (Å²) >= 11 is 0. The van der Waals surface area contributed by atoms with Gasteiger partial charge >= 0.3 is 0 Å². The summed E-state index contributed by atoms with van der Waals surface area (Å²) in [5.41, 5.74) is 1.57. The second kappa shape index (κ2) is 7.88. The first-order chi connectivity index (χ1) is 10.7. The first kappa shape index (κ1) is 15.6. The van der Waals surface area contributed by atoms with Gasteiger partial charge in [0.05, 0.1) is 19.4 Å². The molecule has 2 rings (SSSR count). The molecule has 4 heteroatoms. The van der Waals surface area contributed by atoms with Gasteiger partial charge in [0, 0.05) is 6.08 Å². The number of hydrogen-bond acceptors (Lipinski definition) is 3. The van der Waals surface area contributed by atoms with Crippen LogP contribution >= 0.6 is 0 Å². The van der Waals surface area contributed by atoms with Crippen LogP contribution in [0, 0.1) is 0 Å². The van der Waals surface area contributed by atoms with Crippen molar-refractivity contribution in [3.05, 3.63) is 60.2 Å². The number of methoxy groups -OCH3 is 1. The highest BCUT2D eigenvalue weighted by molar-refractivity contribution is 6.02. The van der Waals surface area contributed by atoms with Gasteiger partial charge in [0.25, 0.3) is 0 Å². The number of carbonyl (C=O) groups is 1. The third kappa shape index (κ3) is 4.38. The van der Waals surface area contributed by atoms with E-state index in [9.17, 15) is 4.79 Å². The van der Waals surface area contributed by atoms with Crippen molar-refractivity contribution in [1.82, 2.24) is 0 Å². The van der Waals surface area contributed by atoms with Crippen molar-refractivity contribution in [1.29, 1.82) is 0 Å². The van der Waals surface area contributed by atoms with Gasteiger partial charge in [0.15, 0.2) is 0 Å². The van der Waals surface area contributed by atoms with E-state index in [0.717, 1.165) is 11.3 Å². The molecular formula is C18H19NO3. The summed E-state index contributed by atoms with van der Waals surface area (Å²) in [6.07, 6.45) is 3.24. The minimum atomic E-state index is -0.210. The monoisotopic (exact) mass is 297 g/mol. The third-order valence-corrected chi connectivity index (χ3v) is 2.98. The predicted molar refractivity (Wildman–Crippen MR) is 88.3 cm³/mol. The van der Waals surface area contributed by atoms with E-state index in [1.54, 1.807) is 25.3 Å². The van der Waals surface area contributed by atoms with Gasteiger partial charge in [0.2, 0.25) is 5.91 Å². The topological polar surface area (TPSA) is 47.6 Å². The van der Waals surface area contributed by atoms with Crippen LogP contribution in [0.25, 0.3) is 6.08 Å². The maximum Gasteiger partial charge on any atom is 0.248 e. The zero-order valence-electron chi connectivity index (χ0n) is 12.7. The number of amides is 1. The quantitative estimate of drug-likeness (QED) is 0.826. The van der Waals surface area contributed by atoms with E-state index < -0.39 is 0 Å². The number of benzene rings is 2. The Morgan fingerprint density at radius 1 is 1.14 bits per heavy atom. The molecule has 4 nitrogen and oxygen atoms in total. The molecule has 0 saturated carbocycles. The van der Waals surface area contributed by atoms with Crippen molar-refractivity contribution >= 4 is 17.7 Å². The standard InChI is InChI=1S/C18H19NO3/c1-3-22-15-11-8-14(9-12-15)10-13-18(20)19-16-6-4-5-7-17(16)21-2/h4-13H,3H2,1-2H3,(H,19,20)/b13-10+. The molecule has 1 amide bonds. The first-order valence-electron chi connectivity index (χ1n) is 7.08. The molecule has 0 saturated heterocycles. The number of rotatable bonds is 6. The van der Waals surface area contributed by atoms with Crippen LogP contribution in [0.2, 0.25) is 0 Å². The zero-order valence-corrected chi connectivity index (χ0v) is 12.7. The van der Waals surface area contributed by atoms with Gasteiger partial charge in [0.1, 0.15) is 11.5 Å². The van der Waals surface area contributed by atoms with Crippen molar-refractivity contribution in [2.24, 2.45) is 0 Å². The summed E-state index contributed by atoms with van der Waals surface area (Å²) < 4.78 is 10.6. The summed E-state index contributed by atoms with van der Waals surface area (Å²) in [7, 11) is 1.57. The molecule has 1 N–H and O–H groups in total. The Morgan fingerprint density at radius 3 is 2.55 bits per heavy atom. The molecule has 0 unspecified atom stereocenters. The maximum atomic E-state index is 11.9. The predicted octanol–water partition coefficient (Wildman–Crippen LogP) is 3.75. The average molecular weight is 297 g/mol. The Labute approximate surface area is 130 Å². The Morgan fingerprint density at radius 2 is 1.86 bits per heavy atom. The number of hydrogen-bond donors (Lipinski definition) is 1. The van der Waals surface area contributed by atoms with Crippen molar-refractivity contribution in [2.75, 3.05) is 19.0 Å². The molecule has 0 aromatic heterocycles. The fraction of sp³-hybridized carbons (Fsp3) is 0.167. The Kier molecular flexibility index (Phi) is 5.60. The summed E-state index contributed by atoms with van der Waals surface area (Å²) in [5, 5.41) is 2.79. The smallest absolute Gasteiger partial charge is 0.248 e. The highest BCUT2D eigenvalue weighted by Crippen LogP contribution is 2.23. The molecule has 22 heavy (non-hydrogen) atoms. The van der Waals surface area contributed by atoms with Crippen LogP contribution < -0.4 is 14.8 Å². The molecule has 2 aromatic carbocycles. The Balaban J connectivity index is 1.99. The number of ether oxygens (including phenoxy) is 2. The minimum absolute atomic E-state index is 0.210. The molecule has 0 radical (unpaired) electrons. The molecule has 0 fully saturated rings. The second-order valence-electron chi connectivity index (χ2n) is 4.52. The van der Waals surface area contributed by atoms with Crippen LogP contribution in [-0.4, -0.2) is 19.6 Å². The summed E-state index contributed by atoms with van der Waals surface area (Å²) in [5.74, 6) is 1.24. The number of carbonyl (C=O) groups excluding carboxylic acids is 1. The lowest BCUT2D eigenvalue weighted by Crippen LogP contribution is -2.08. The van der Waals surface area contributed by atoms with Gasteiger partial charge in [-0.1, -0.05) is 24.3 Å². The van der Waals surface area contributed by atoms with Crippen molar-refractivity contribution < 1.29 is 14.3 Å². The lowest BCUT2D eigenvalue weighted by Gasteiger charge is -2.07. The largest absolute Gasteiger partial charge is 0.495 e. The van der Waals surface area contributed by atoms with E-state index in [1.165, 1.54) is 6.08 Å². The van der Waals surface area contributed by atoms with Crippen LogP contribution in [0.3, 0.4) is 0 Å². The zero-order chi connectivity index (χ0) is 15.8. The van der Waals surface area contributed by atoms with Crippen molar-refractivity contribution in [2.45, 2.75) is 6.92 Å². The SMILES string of the molecule is CCOc1ccc(/C=C/C(=O)Nc2ccccc2OC)cc1. The molecule has 0 bridgehead atoms. The fourth-order valence-electron chi connectivity index (χ4n) is 1.94. The van der Waals surface area contributed by atoms with E-state index in [4.69, 9.17) is 9.47 Å². The fourth-order valence-corrected chi connectivity index (χ4v) is 1.94. The summed E-state index contributed by atoms with van der Waals surface area (Å²) in [6.45, 7) is 2.58. The van der Waals surface area contributed by atoms with E-state index in [2.05, 4.69) is 5.32 Å². The van der Waals surface area contributed by atoms with Crippen LogP contribution in [0.1, 0.15) is 12.5 Å². The number of nitrogens with one attached hydrogen (secondary N) is 1. The van der Waals surface area contributed by atoms with Crippen LogP contribution in [0.4, 0.5) is 5.69 Å². The van der Waals surface area contributed by atoms with Gasteiger partial charge in [-0.15, -0.1) is 0 Å². The Hall–Kier alpha value is -2.75. The molecule has 0 aliphatic carbocycles. The van der Waals surface area contributed by atoms with Crippen LogP contribution in [-0.2, 0) is 4.79 Å². The number of para-hydroxylation sites is 2. The molecule has 2 aromatic rings. The molecule has 114 valence electrons. The lowest BCUT2D eigenvalue weighted by atomic mass is 10.2. The van der Waals surface area contributed by atoms with Crippen molar-refractivity contribution in [3.63, 3.8) is 0 Å². The van der Waals surface area contributed by atoms with Gasteiger partial charge < -0.3 is 14.8 Å². The van der Waals surface area contributed by atoms with Crippen LogP contribution in [0.15, 0.2) is 54.6 Å². The molecule has 0 heterocycles. The third-order valence-electron chi connectivity index (χ3n) is 2.98. The number of anilines is 1. The van der Waals surface area contributed by atoms with Gasteiger partial charge in [-0.25, -0.2) is 0 Å². The molecule has 0 spiro atoms. The van der Waals surface area contributed by atoms with E-state index >= 15 is 0 Å². The first-order valence-corrected chi connectivity index (χ1v) is 7.08. The summed E-state index contributed by atoms with van der Waals surface area (Å²) in [6, 6.07) is 14.8. The maximum absolute atomic E-state index is 11.9. The van der Waals surface area contributed by atoms with Crippen molar-refractivity contribution in [3.8, 4) is 11.5 Å². The van der Waals surface area contributed by atoms with E-state index in [0.29, 0.717) is 18.0 Å². The molecule has 0 atom stereocenters. The summed E-state index contributed by atoms with van der Waals surface area (Å²) in [4.78, 5) is 11.9. The van der Waals surface area contributed by atoms with E-state index in [1.807, 2.05) is 43.3 Å². The Bertz CT molecular complexity index is 648. The van der Waals surface area contributed by atoms with Crippen LogP contribution in [0.5, 0.6) is 11.5 Å². The molecular weight excluding hydrogens is 278 g/mol. The molecule has 0 aliphatic heterocycles. The van der Waals surface area contributed by atoms with E-state index in [-0.39, 0.29) is 5.91 Å². The minimum Gasteiger partial charge on any atom is -0.495 e. The van der Waals surface area contributed by atoms with Gasteiger partial charge in [-0.05, 0) is 42.8 Å². The van der Waals surface area contributed by atoms with Gasteiger partial charge in [-0.2, -0.15) is 0 Å². The molecule has 0 aliphatic rings. The average Bonchev–Trinajstić information content (AvgIpc) is 2.55. The second-order valence-corrected chi connectivity index (χ2v) is 4.52. The highest BCUT2D eigenvalue weighted by atomic mass is 16.5. The van der Waals surface area contributed by atoms with Gasteiger partial charge in [-0.3, -0.25) is 4.79 Å². The highest BCUT2D eigenvalue weighted by Gasteiger charge is 2.03.